The van der Waals surface area contributed by atoms with E-state index in [1.165, 1.54) is 28.8 Å². The Hall–Kier alpha value is -1.05. The van der Waals surface area contributed by atoms with E-state index in [9.17, 15) is 0 Å². The van der Waals surface area contributed by atoms with Gasteiger partial charge in [-0.1, -0.05) is 48.0 Å². The van der Waals surface area contributed by atoms with Crippen LogP contribution in [0.2, 0.25) is 4.34 Å². The first-order valence-electron chi connectivity index (χ1n) is 6.81. The van der Waals surface area contributed by atoms with Crippen molar-refractivity contribution in [3.8, 4) is 0 Å². The fourth-order valence-electron chi connectivity index (χ4n) is 3.28. The summed E-state index contributed by atoms with van der Waals surface area (Å²) < 4.78 is 0.905. The summed E-state index contributed by atoms with van der Waals surface area (Å²) in [7, 11) is 0. The highest BCUT2D eigenvalue weighted by Gasteiger charge is 2.46. The maximum atomic E-state index is 6.16. The lowest BCUT2D eigenvalue weighted by atomic mass is 9.71. The Labute approximate surface area is 122 Å². The van der Waals surface area contributed by atoms with E-state index in [1.54, 1.807) is 11.3 Å². The molecule has 1 heterocycles. The SMILES string of the molecule is Clc1ccc(C2(C3CC3)C=Cc3ccccc3C2)s1. The summed E-state index contributed by atoms with van der Waals surface area (Å²) in [6.07, 6.45) is 8.57. The number of fused-ring (bicyclic) bond motifs is 1. The standard InChI is InChI=1S/C17H15ClS/c18-16-8-7-15(19-16)17(14-5-6-14)10-9-12-3-1-2-4-13(12)11-17/h1-4,7-10,14H,5-6,11H2. The van der Waals surface area contributed by atoms with Crippen molar-refractivity contribution in [2.45, 2.75) is 24.7 Å². The maximum Gasteiger partial charge on any atom is 0.0931 e. The summed E-state index contributed by atoms with van der Waals surface area (Å²) in [5, 5.41) is 0. The highest BCUT2D eigenvalue weighted by atomic mass is 35.5. The van der Waals surface area contributed by atoms with E-state index in [2.05, 4.69) is 42.5 Å². The van der Waals surface area contributed by atoms with E-state index < -0.39 is 0 Å². The molecule has 2 aliphatic rings. The van der Waals surface area contributed by atoms with Crippen molar-refractivity contribution in [3.05, 3.63) is 62.8 Å². The van der Waals surface area contributed by atoms with Gasteiger partial charge in [-0.15, -0.1) is 11.3 Å². The van der Waals surface area contributed by atoms with Gasteiger partial charge in [0.2, 0.25) is 0 Å². The van der Waals surface area contributed by atoms with E-state index in [0.717, 1.165) is 16.7 Å². The predicted octanol–water partition coefficient (Wildman–Crippen LogP) is 5.32. The molecule has 1 fully saturated rings. The zero-order valence-corrected chi connectivity index (χ0v) is 12.2. The number of thiophene rings is 1. The van der Waals surface area contributed by atoms with Crippen LogP contribution >= 0.6 is 22.9 Å². The second-order valence-corrected chi connectivity index (χ2v) is 7.34. The topological polar surface area (TPSA) is 0 Å². The number of allylic oxidation sites excluding steroid dienone is 1. The van der Waals surface area contributed by atoms with Crippen molar-refractivity contribution < 1.29 is 0 Å². The first-order chi connectivity index (χ1) is 9.28. The van der Waals surface area contributed by atoms with Gasteiger partial charge in [-0.25, -0.2) is 0 Å². The summed E-state index contributed by atoms with van der Waals surface area (Å²) >= 11 is 7.91. The third-order valence-corrected chi connectivity index (χ3v) is 5.86. The van der Waals surface area contributed by atoms with Crippen LogP contribution in [0.1, 0.15) is 28.8 Å². The maximum absolute atomic E-state index is 6.16. The Kier molecular flexibility index (Phi) is 2.61. The first-order valence-corrected chi connectivity index (χ1v) is 8.00. The molecule has 2 aliphatic carbocycles. The molecule has 0 aliphatic heterocycles. The normalized spacial score (nSPS) is 25.3. The van der Waals surface area contributed by atoms with Crippen LogP contribution in [0.15, 0.2) is 42.5 Å². The Balaban J connectivity index is 1.83. The lowest BCUT2D eigenvalue weighted by molar-refractivity contribution is 0.469. The highest BCUT2D eigenvalue weighted by Crippen LogP contribution is 2.54. The van der Waals surface area contributed by atoms with Crippen LogP contribution in [-0.4, -0.2) is 0 Å². The number of hydrogen-bond donors (Lipinski definition) is 0. The summed E-state index contributed by atoms with van der Waals surface area (Å²) in [6, 6.07) is 13.0. The predicted molar refractivity (Wildman–Crippen MR) is 82.9 cm³/mol. The summed E-state index contributed by atoms with van der Waals surface area (Å²) in [4.78, 5) is 1.44. The molecular formula is C17H15ClS. The van der Waals surface area contributed by atoms with E-state index in [1.807, 2.05) is 6.07 Å². The molecule has 0 N–H and O–H groups in total. The Morgan fingerprint density at radius 3 is 2.68 bits per heavy atom. The lowest BCUT2D eigenvalue weighted by Crippen LogP contribution is -2.30. The van der Waals surface area contributed by atoms with Gasteiger partial charge in [0.15, 0.2) is 0 Å². The zero-order valence-electron chi connectivity index (χ0n) is 10.6. The molecule has 19 heavy (non-hydrogen) atoms. The number of hydrogen-bond acceptors (Lipinski definition) is 1. The fraction of sp³-hybridized carbons (Fsp3) is 0.294. The molecule has 1 atom stereocenters. The second-order valence-electron chi connectivity index (χ2n) is 5.63. The molecule has 0 saturated heterocycles. The molecule has 1 saturated carbocycles. The second kappa shape index (κ2) is 4.22. The van der Waals surface area contributed by atoms with Crippen LogP contribution in [0.25, 0.3) is 6.08 Å². The molecule has 2 aromatic rings. The van der Waals surface area contributed by atoms with E-state index in [0.29, 0.717) is 0 Å². The molecule has 1 unspecified atom stereocenters. The van der Waals surface area contributed by atoms with Gasteiger partial charge in [0.1, 0.15) is 0 Å². The van der Waals surface area contributed by atoms with Crippen LogP contribution in [0.4, 0.5) is 0 Å². The van der Waals surface area contributed by atoms with Crippen LogP contribution in [-0.2, 0) is 11.8 Å². The number of rotatable bonds is 2. The highest BCUT2D eigenvalue weighted by molar-refractivity contribution is 7.16. The molecule has 2 heteroatoms. The van der Waals surface area contributed by atoms with Gasteiger partial charge >= 0.3 is 0 Å². The molecule has 1 aromatic carbocycles. The van der Waals surface area contributed by atoms with Crippen LogP contribution < -0.4 is 0 Å². The third-order valence-electron chi connectivity index (χ3n) is 4.44. The lowest BCUT2D eigenvalue weighted by Gasteiger charge is -2.34. The van der Waals surface area contributed by atoms with Crippen molar-refractivity contribution in [2.24, 2.45) is 5.92 Å². The summed E-state index contributed by atoms with van der Waals surface area (Å²) in [5.41, 5.74) is 3.05. The summed E-state index contributed by atoms with van der Waals surface area (Å²) in [5.74, 6) is 0.798. The Morgan fingerprint density at radius 2 is 1.95 bits per heavy atom. The van der Waals surface area contributed by atoms with Crippen molar-refractivity contribution in [2.75, 3.05) is 0 Å². The molecule has 1 aromatic heterocycles. The molecule has 0 bridgehead atoms. The van der Waals surface area contributed by atoms with Gasteiger partial charge in [0.05, 0.1) is 4.34 Å². The minimum absolute atomic E-state index is 0.201. The molecule has 0 nitrogen and oxygen atoms in total. The van der Waals surface area contributed by atoms with E-state index in [-0.39, 0.29) is 5.41 Å². The van der Waals surface area contributed by atoms with Gasteiger partial charge in [-0.05, 0) is 48.4 Å². The van der Waals surface area contributed by atoms with E-state index >= 15 is 0 Å². The van der Waals surface area contributed by atoms with Gasteiger partial charge in [-0.2, -0.15) is 0 Å². The molecule has 0 radical (unpaired) electrons. The number of benzene rings is 1. The Bertz CT molecular complexity index is 651. The molecule has 4 rings (SSSR count). The largest absolute Gasteiger partial charge is 0.128 e. The van der Waals surface area contributed by atoms with Gasteiger partial charge < -0.3 is 0 Å². The minimum Gasteiger partial charge on any atom is -0.128 e. The quantitative estimate of drug-likeness (QED) is 0.701. The van der Waals surface area contributed by atoms with Crippen molar-refractivity contribution in [3.63, 3.8) is 0 Å². The molecular weight excluding hydrogens is 272 g/mol. The summed E-state index contributed by atoms with van der Waals surface area (Å²) in [6.45, 7) is 0. The smallest absolute Gasteiger partial charge is 0.0931 e. The monoisotopic (exact) mass is 286 g/mol. The van der Waals surface area contributed by atoms with Crippen LogP contribution in [0.3, 0.4) is 0 Å². The number of halogens is 1. The zero-order chi connectivity index (χ0) is 12.9. The fourth-order valence-corrected chi connectivity index (χ4v) is 4.58. The molecule has 0 spiro atoms. The molecule has 0 amide bonds. The first kappa shape index (κ1) is 11.7. The van der Waals surface area contributed by atoms with Crippen LogP contribution in [0.5, 0.6) is 0 Å². The van der Waals surface area contributed by atoms with Crippen molar-refractivity contribution in [1.82, 2.24) is 0 Å². The van der Waals surface area contributed by atoms with Gasteiger partial charge in [-0.3, -0.25) is 0 Å². The van der Waals surface area contributed by atoms with Crippen LogP contribution in [0, 0.1) is 5.92 Å². The van der Waals surface area contributed by atoms with E-state index in [4.69, 9.17) is 11.6 Å². The van der Waals surface area contributed by atoms with Gasteiger partial charge in [0.25, 0.3) is 0 Å². The van der Waals surface area contributed by atoms with Crippen molar-refractivity contribution in [1.29, 1.82) is 0 Å². The van der Waals surface area contributed by atoms with Crippen molar-refractivity contribution >= 4 is 29.0 Å². The third kappa shape index (κ3) is 1.87. The Morgan fingerprint density at radius 1 is 1.11 bits per heavy atom. The van der Waals surface area contributed by atoms with Gasteiger partial charge in [0, 0.05) is 10.3 Å². The molecule has 96 valence electrons. The average Bonchev–Trinajstić information content (AvgIpc) is 3.21. The average molecular weight is 287 g/mol. The minimum atomic E-state index is 0.201.